The van der Waals surface area contributed by atoms with Crippen molar-refractivity contribution in [1.29, 1.82) is 0 Å². The number of para-hydroxylation sites is 1. The second-order valence-corrected chi connectivity index (χ2v) is 7.17. The third-order valence-corrected chi connectivity index (χ3v) is 5.16. The molecule has 1 amide bonds. The Morgan fingerprint density at radius 2 is 1.96 bits per heavy atom. The minimum atomic E-state index is 0.0706. The zero-order valence-electron chi connectivity index (χ0n) is 13.8. The molecule has 2 aromatic rings. The lowest BCUT2D eigenvalue weighted by molar-refractivity contribution is -0.129. The Kier molecular flexibility index (Phi) is 5.21. The maximum atomic E-state index is 12.7. The van der Waals surface area contributed by atoms with E-state index in [1.165, 1.54) is 5.56 Å². The van der Waals surface area contributed by atoms with E-state index in [9.17, 15) is 4.79 Å². The number of amides is 1. The number of rotatable bonds is 4. The predicted octanol–water partition coefficient (Wildman–Crippen LogP) is 2.80. The van der Waals surface area contributed by atoms with Gasteiger partial charge in [0.1, 0.15) is 0 Å². The number of carbonyl (C=O) groups is 1. The van der Waals surface area contributed by atoms with Gasteiger partial charge in [0.2, 0.25) is 5.91 Å². The molecule has 1 atom stereocenters. The Morgan fingerprint density at radius 1 is 1.25 bits per heavy atom. The van der Waals surface area contributed by atoms with Crippen LogP contribution in [0.3, 0.4) is 0 Å². The van der Waals surface area contributed by atoms with Gasteiger partial charge < -0.3 is 15.5 Å². The highest BCUT2D eigenvalue weighted by molar-refractivity contribution is 9.10. The molecule has 5 heteroatoms. The monoisotopic (exact) mass is 387 g/mol. The van der Waals surface area contributed by atoms with Gasteiger partial charge in [0.25, 0.3) is 0 Å². The van der Waals surface area contributed by atoms with Gasteiger partial charge in [0, 0.05) is 36.3 Å². The summed E-state index contributed by atoms with van der Waals surface area (Å²) in [6, 6.07) is 16.3. The molecule has 0 bridgehead atoms. The van der Waals surface area contributed by atoms with Gasteiger partial charge in [-0.2, -0.15) is 0 Å². The van der Waals surface area contributed by atoms with Crippen LogP contribution in [0.1, 0.15) is 11.1 Å². The number of nitrogens with zero attached hydrogens (tertiary/aromatic N) is 2. The SMILES string of the molecule is CN(Cc1ccccc1Br)C(=O)CN1CC(N)Cc2ccccc21. The van der Waals surface area contributed by atoms with Gasteiger partial charge in [-0.25, -0.2) is 0 Å². The summed E-state index contributed by atoms with van der Waals surface area (Å²) in [7, 11) is 1.84. The van der Waals surface area contributed by atoms with Gasteiger partial charge in [0.15, 0.2) is 0 Å². The molecule has 1 unspecified atom stereocenters. The summed E-state index contributed by atoms with van der Waals surface area (Å²) in [6.45, 7) is 1.65. The number of benzene rings is 2. The van der Waals surface area contributed by atoms with Gasteiger partial charge in [-0.15, -0.1) is 0 Å². The fourth-order valence-electron chi connectivity index (χ4n) is 3.12. The molecular formula is C19H22BrN3O. The molecular weight excluding hydrogens is 366 g/mol. The average molecular weight is 388 g/mol. The first-order valence-electron chi connectivity index (χ1n) is 8.10. The zero-order chi connectivity index (χ0) is 17.1. The minimum Gasteiger partial charge on any atom is -0.360 e. The number of anilines is 1. The zero-order valence-corrected chi connectivity index (χ0v) is 15.4. The van der Waals surface area contributed by atoms with Crippen LogP contribution in [0.25, 0.3) is 0 Å². The van der Waals surface area contributed by atoms with E-state index >= 15 is 0 Å². The van der Waals surface area contributed by atoms with Crippen molar-refractivity contribution < 1.29 is 4.79 Å². The minimum absolute atomic E-state index is 0.0706. The lowest BCUT2D eigenvalue weighted by Gasteiger charge is -2.35. The van der Waals surface area contributed by atoms with E-state index < -0.39 is 0 Å². The largest absolute Gasteiger partial charge is 0.360 e. The van der Waals surface area contributed by atoms with E-state index in [0.717, 1.165) is 22.1 Å². The Morgan fingerprint density at radius 3 is 2.75 bits per heavy atom. The molecule has 0 saturated carbocycles. The van der Waals surface area contributed by atoms with Gasteiger partial charge in [-0.1, -0.05) is 52.3 Å². The van der Waals surface area contributed by atoms with E-state index in [1.54, 1.807) is 4.90 Å². The maximum Gasteiger partial charge on any atom is 0.242 e. The Hall–Kier alpha value is -1.85. The smallest absolute Gasteiger partial charge is 0.242 e. The van der Waals surface area contributed by atoms with Crippen molar-refractivity contribution in [3.8, 4) is 0 Å². The predicted molar refractivity (Wildman–Crippen MR) is 101 cm³/mol. The summed E-state index contributed by atoms with van der Waals surface area (Å²) >= 11 is 3.54. The highest BCUT2D eigenvalue weighted by Gasteiger charge is 2.24. The van der Waals surface area contributed by atoms with Crippen molar-refractivity contribution in [2.45, 2.75) is 19.0 Å². The van der Waals surface area contributed by atoms with Crippen LogP contribution in [0.15, 0.2) is 53.0 Å². The van der Waals surface area contributed by atoms with Crippen LogP contribution in [0.2, 0.25) is 0 Å². The lowest BCUT2D eigenvalue weighted by atomic mass is 9.98. The molecule has 24 heavy (non-hydrogen) atoms. The topological polar surface area (TPSA) is 49.6 Å². The Labute approximate surface area is 151 Å². The molecule has 1 heterocycles. The molecule has 1 aliphatic rings. The average Bonchev–Trinajstić information content (AvgIpc) is 2.56. The van der Waals surface area contributed by atoms with Crippen LogP contribution >= 0.6 is 15.9 Å². The summed E-state index contributed by atoms with van der Waals surface area (Å²) < 4.78 is 1.02. The normalized spacial score (nSPS) is 16.6. The molecule has 0 radical (unpaired) electrons. The van der Waals surface area contributed by atoms with Crippen LogP contribution in [0.4, 0.5) is 5.69 Å². The highest BCUT2D eigenvalue weighted by Crippen LogP contribution is 2.26. The molecule has 1 aliphatic heterocycles. The van der Waals surface area contributed by atoms with Crippen molar-refractivity contribution in [3.05, 3.63) is 64.1 Å². The van der Waals surface area contributed by atoms with Crippen molar-refractivity contribution in [2.24, 2.45) is 5.73 Å². The molecule has 3 rings (SSSR count). The number of nitrogens with two attached hydrogens (primary N) is 1. The summed E-state index contributed by atoms with van der Waals surface area (Å²) in [5.41, 5.74) is 9.61. The second-order valence-electron chi connectivity index (χ2n) is 6.31. The van der Waals surface area contributed by atoms with Crippen molar-refractivity contribution >= 4 is 27.5 Å². The summed E-state index contributed by atoms with van der Waals surface area (Å²) in [5.74, 6) is 0.0923. The molecule has 2 N–H and O–H groups in total. The molecule has 0 spiro atoms. The summed E-state index contributed by atoms with van der Waals surface area (Å²) in [5, 5.41) is 0. The second kappa shape index (κ2) is 7.36. The highest BCUT2D eigenvalue weighted by atomic mass is 79.9. The van der Waals surface area contributed by atoms with Crippen LogP contribution in [-0.2, 0) is 17.8 Å². The van der Waals surface area contributed by atoms with Crippen molar-refractivity contribution in [1.82, 2.24) is 4.90 Å². The maximum absolute atomic E-state index is 12.7. The number of carbonyl (C=O) groups excluding carboxylic acids is 1. The number of hydrogen-bond acceptors (Lipinski definition) is 3. The van der Waals surface area contributed by atoms with Gasteiger partial charge in [-0.3, -0.25) is 4.79 Å². The number of halogens is 1. The Bertz CT molecular complexity index is 734. The van der Waals surface area contributed by atoms with Gasteiger partial charge >= 0.3 is 0 Å². The summed E-state index contributed by atoms with van der Waals surface area (Å²) in [6.07, 6.45) is 0.869. The molecule has 2 aromatic carbocycles. The fraction of sp³-hybridized carbons (Fsp3) is 0.316. The summed E-state index contributed by atoms with van der Waals surface area (Å²) in [4.78, 5) is 16.5. The molecule has 0 aliphatic carbocycles. The van der Waals surface area contributed by atoms with Crippen LogP contribution < -0.4 is 10.6 Å². The Balaban J connectivity index is 1.69. The fourth-order valence-corrected chi connectivity index (χ4v) is 3.53. The first kappa shape index (κ1) is 17.0. The molecule has 126 valence electrons. The lowest BCUT2D eigenvalue weighted by Crippen LogP contribution is -2.47. The number of fused-ring (bicyclic) bond motifs is 1. The molecule has 0 fully saturated rings. The quantitative estimate of drug-likeness (QED) is 0.877. The standard InChI is InChI=1S/C19H22BrN3O/c1-22(11-15-7-2-4-8-17(15)20)19(24)13-23-12-16(21)10-14-6-3-5-9-18(14)23/h2-9,16H,10-13,21H2,1H3. The van der Waals surface area contributed by atoms with Gasteiger partial charge in [-0.05, 0) is 29.7 Å². The van der Waals surface area contributed by atoms with E-state index in [-0.39, 0.29) is 11.9 Å². The molecule has 0 aromatic heterocycles. The molecule has 0 saturated heterocycles. The van der Waals surface area contributed by atoms with E-state index in [0.29, 0.717) is 19.6 Å². The molecule has 4 nitrogen and oxygen atoms in total. The number of hydrogen-bond donors (Lipinski definition) is 1. The van der Waals surface area contributed by atoms with Crippen LogP contribution in [-0.4, -0.2) is 37.0 Å². The first-order chi connectivity index (χ1) is 11.5. The van der Waals surface area contributed by atoms with Crippen LogP contribution in [0.5, 0.6) is 0 Å². The van der Waals surface area contributed by atoms with E-state index in [4.69, 9.17) is 5.73 Å². The van der Waals surface area contributed by atoms with Crippen molar-refractivity contribution in [3.63, 3.8) is 0 Å². The third-order valence-electron chi connectivity index (χ3n) is 4.39. The third kappa shape index (κ3) is 3.79. The number of likely N-dealkylation sites (N-methyl/N-ethyl adjacent to an activating group) is 1. The van der Waals surface area contributed by atoms with E-state index in [2.05, 4.69) is 33.0 Å². The van der Waals surface area contributed by atoms with Crippen molar-refractivity contribution in [2.75, 3.05) is 25.0 Å². The van der Waals surface area contributed by atoms with Crippen LogP contribution in [0, 0.1) is 0 Å². The van der Waals surface area contributed by atoms with E-state index in [1.807, 2.05) is 43.4 Å². The van der Waals surface area contributed by atoms with Gasteiger partial charge in [0.05, 0.1) is 6.54 Å². The first-order valence-corrected chi connectivity index (χ1v) is 8.89.